The van der Waals surface area contributed by atoms with Gasteiger partial charge in [0.05, 0.1) is 8.22 Å². The molecule has 0 unspecified atom stereocenters. The van der Waals surface area contributed by atoms with Crippen LogP contribution in [0, 0.1) is 0 Å². The van der Waals surface area contributed by atoms with Crippen LogP contribution in [0.25, 0.3) is 78.4 Å². The molecular weight excluding hydrogens is 526 g/mol. The second-order valence-electron chi connectivity index (χ2n) is 9.99. The van der Waals surface area contributed by atoms with Crippen LogP contribution < -0.4 is 0 Å². The molecule has 0 saturated carbocycles. The number of hydrogen-bond acceptors (Lipinski definition) is 4. The van der Waals surface area contributed by atoms with Crippen LogP contribution >= 0.6 is 0 Å². The molecule has 0 aliphatic heterocycles. The second-order valence-corrected chi connectivity index (χ2v) is 9.99. The number of rotatable bonds is 5. The maximum absolute atomic E-state index is 9.27. The van der Waals surface area contributed by atoms with Crippen molar-refractivity contribution < 1.29 is 12.6 Å². The molecule has 6 aromatic carbocycles. The van der Waals surface area contributed by atoms with Crippen molar-refractivity contribution in [2.24, 2.45) is 0 Å². The summed E-state index contributed by atoms with van der Waals surface area (Å²) in [5.74, 6) is 0.674. The Bertz CT molecular complexity index is 2540. The Morgan fingerprint density at radius 1 is 0.372 bits per heavy atom. The summed E-state index contributed by atoms with van der Waals surface area (Å²) < 4.78 is 60.1. The number of nitrogens with zero attached hydrogens (tertiary/aromatic N) is 3. The van der Waals surface area contributed by atoms with Gasteiger partial charge in [-0.2, -0.15) is 0 Å². The molecule has 4 heteroatoms. The molecule has 0 radical (unpaired) electrons. The van der Waals surface area contributed by atoms with Crippen LogP contribution in [0.5, 0.6) is 0 Å². The second kappa shape index (κ2) is 10.5. The van der Waals surface area contributed by atoms with Gasteiger partial charge < -0.3 is 4.42 Å². The zero-order valence-electron chi connectivity index (χ0n) is 28.7. The third-order valence-electron chi connectivity index (χ3n) is 7.21. The first-order chi connectivity index (χ1) is 23.8. The Hall–Kier alpha value is -5.87. The van der Waals surface area contributed by atoms with Crippen LogP contribution in [-0.2, 0) is 0 Å². The number of aromatic nitrogens is 3. The molecule has 4 nitrogen and oxygen atoms in total. The maximum Gasteiger partial charge on any atom is 0.164 e. The Morgan fingerprint density at radius 3 is 1.47 bits per heavy atom. The molecule has 2 aromatic heterocycles. The Balaban J connectivity index is 1.36. The van der Waals surface area contributed by atoms with E-state index in [1.54, 1.807) is 24.3 Å². The fraction of sp³-hybridized carbons (Fsp3) is 0. The van der Waals surface area contributed by atoms with Gasteiger partial charge in [0.2, 0.25) is 0 Å². The number of benzene rings is 6. The topological polar surface area (TPSA) is 51.8 Å². The van der Waals surface area contributed by atoms with E-state index in [4.69, 9.17) is 26.2 Å². The van der Waals surface area contributed by atoms with Crippen molar-refractivity contribution in [2.75, 3.05) is 0 Å². The number of fused-ring (bicyclic) bond motifs is 3. The van der Waals surface area contributed by atoms with Gasteiger partial charge in [0.25, 0.3) is 0 Å². The van der Waals surface area contributed by atoms with E-state index in [0.29, 0.717) is 28.3 Å². The lowest BCUT2D eigenvalue weighted by Gasteiger charge is -2.09. The van der Waals surface area contributed by atoms with Gasteiger partial charge in [-0.05, 0) is 46.4 Å². The molecular formula is C39H25N3O. The van der Waals surface area contributed by atoms with Crippen LogP contribution in [-0.4, -0.2) is 15.0 Å². The van der Waals surface area contributed by atoms with Gasteiger partial charge in [-0.25, -0.2) is 15.0 Å². The van der Waals surface area contributed by atoms with Gasteiger partial charge >= 0.3 is 0 Å². The Labute approximate surface area is 257 Å². The molecule has 0 aliphatic carbocycles. The molecule has 202 valence electrons. The van der Waals surface area contributed by atoms with Crippen molar-refractivity contribution in [3.05, 3.63) is 152 Å². The van der Waals surface area contributed by atoms with E-state index in [9.17, 15) is 1.37 Å². The van der Waals surface area contributed by atoms with E-state index in [1.165, 1.54) is 0 Å². The number of hydrogen-bond donors (Lipinski definition) is 0. The average Bonchev–Trinajstić information content (AvgIpc) is 3.56. The van der Waals surface area contributed by atoms with Gasteiger partial charge in [0.15, 0.2) is 17.5 Å². The van der Waals surface area contributed by atoms with E-state index < -0.39 is 0 Å². The van der Waals surface area contributed by atoms with E-state index in [1.807, 2.05) is 91.0 Å². The van der Waals surface area contributed by atoms with E-state index in [0.717, 1.165) is 11.1 Å². The third kappa shape index (κ3) is 4.75. The van der Waals surface area contributed by atoms with Gasteiger partial charge in [-0.15, -0.1) is 0 Å². The minimum atomic E-state index is -0.321. The standard InChI is InChI=1S/C39H25N3O/c1-4-10-26(11-5-1)28-16-18-30(19-17-28)38-40-37(29-14-8-3-9-15-29)41-39(42-38)32-20-22-33-34-24-31(27-12-6-2-7-13-27)21-23-35(34)43-36(33)25-32/h1-25H/i20D,21D,22D,23D,24D,25D. The van der Waals surface area contributed by atoms with Gasteiger partial charge in [0, 0.05) is 27.5 Å². The Morgan fingerprint density at radius 2 is 0.837 bits per heavy atom. The SMILES string of the molecule is [2H]c1c(-c2ccccc2)c([2H])c2c(oc3c([2H])c(-c4nc(-c5ccccc5)nc(-c5ccc(-c6ccccc6)cc5)n4)c([2H])c([2H])c32)c1[2H]. The summed E-state index contributed by atoms with van der Waals surface area (Å²) in [5, 5.41) is 0.187. The van der Waals surface area contributed by atoms with Crippen molar-refractivity contribution in [1.29, 1.82) is 0 Å². The zero-order valence-corrected chi connectivity index (χ0v) is 22.7. The fourth-order valence-corrected chi connectivity index (χ4v) is 5.03. The monoisotopic (exact) mass is 557 g/mol. The highest BCUT2D eigenvalue weighted by atomic mass is 16.3. The molecule has 0 bridgehead atoms. The molecule has 0 saturated heterocycles. The summed E-state index contributed by atoms with van der Waals surface area (Å²) in [5.41, 5.74) is 4.09. The van der Waals surface area contributed by atoms with Gasteiger partial charge in [-0.1, -0.05) is 127 Å². The fourth-order valence-electron chi connectivity index (χ4n) is 5.03. The molecule has 0 N–H and O–H groups in total. The lowest BCUT2D eigenvalue weighted by atomic mass is 10.0. The molecule has 0 atom stereocenters. The average molecular weight is 558 g/mol. The van der Waals surface area contributed by atoms with E-state index in [2.05, 4.69) is 0 Å². The molecule has 43 heavy (non-hydrogen) atoms. The third-order valence-corrected chi connectivity index (χ3v) is 7.21. The first kappa shape index (κ1) is 19.3. The zero-order chi connectivity index (χ0) is 33.8. The van der Waals surface area contributed by atoms with Crippen LogP contribution in [0.4, 0.5) is 0 Å². The van der Waals surface area contributed by atoms with Crippen LogP contribution in [0.15, 0.2) is 156 Å². The first-order valence-electron chi connectivity index (χ1n) is 16.8. The predicted molar refractivity (Wildman–Crippen MR) is 174 cm³/mol. The van der Waals surface area contributed by atoms with Crippen molar-refractivity contribution in [2.45, 2.75) is 0 Å². The van der Waals surface area contributed by atoms with Gasteiger partial charge in [0.1, 0.15) is 11.2 Å². The molecule has 0 amide bonds. The quantitative estimate of drug-likeness (QED) is 0.211. The first-order valence-corrected chi connectivity index (χ1v) is 13.8. The summed E-state index contributed by atoms with van der Waals surface area (Å²) in [7, 11) is 0. The summed E-state index contributed by atoms with van der Waals surface area (Å²) in [6.45, 7) is 0. The predicted octanol–water partition coefficient (Wildman–Crippen LogP) is 10.1. The molecule has 8 rings (SSSR count). The summed E-state index contributed by atoms with van der Waals surface area (Å²) in [4.78, 5) is 14.2. The highest BCUT2D eigenvalue weighted by molar-refractivity contribution is 6.07. The normalized spacial score (nSPS) is 13.2. The summed E-state index contributed by atoms with van der Waals surface area (Å²) in [6, 6.07) is 34.5. The van der Waals surface area contributed by atoms with Crippen LogP contribution in [0.3, 0.4) is 0 Å². The number of furan rings is 1. The van der Waals surface area contributed by atoms with Crippen LogP contribution in [0.2, 0.25) is 0 Å². The Kier molecular flexibility index (Phi) is 4.71. The molecule has 2 heterocycles. The van der Waals surface area contributed by atoms with Crippen molar-refractivity contribution in [1.82, 2.24) is 15.0 Å². The smallest absolute Gasteiger partial charge is 0.164 e. The van der Waals surface area contributed by atoms with Crippen LogP contribution in [0.1, 0.15) is 8.22 Å². The molecule has 0 spiro atoms. The highest BCUT2D eigenvalue weighted by Gasteiger charge is 2.15. The minimum absolute atomic E-state index is 0.0187. The molecule has 0 aliphatic rings. The molecule has 0 fully saturated rings. The van der Waals surface area contributed by atoms with Gasteiger partial charge in [-0.3, -0.25) is 0 Å². The summed E-state index contributed by atoms with van der Waals surface area (Å²) >= 11 is 0. The van der Waals surface area contributed by atoms with Crippen molar-refractivity contribution >= 4 is 21.9 Å². The van der Waals surface area contributed by atoms with E-state index >= 15 is 0 Å². The largest absolute Gasteiger partial charge is 0.456 e. The highest BCUT2D eigenvalue weighted by Crippen LogP contribution is 2.35. The summed E-state index contributed by atoms with van der Waals surface area (Å²) in [6.07, 6.45) is 0. The lowest BCUT2D eigenvalue weighted by molar-refractivity contribution is 0.669. The minimum Gasteiger partial charge on any atom is -0.456 e. The van der Waals surface area contributed by atoms with E-state index in [-0.39, 0.29) is 75.1 Å². The molecule has 8 aromatic rings. The van der Waals surface area contributed by atoms with Crippen molar-refractivity contribution in [3.63, 3.8) is 0 Å². The van der Waals surface area contributed by atoms with Crippen molar-refractivity contribution in [3.8, 4) is 56.4 Å². The maximum atomic E-state index is 9.27. The lowest BCUT2D eigenvalue weighted by Crippen LogP contribution is -2.00.